The van der Waals surface area contributed by atoms with E-state index in [2.05, 4.69) is 0 Å². The van der Waals surface area contributed by atoms with Gasteiger partial charge in [-0.1, -0.05) is 0 Å². The molecule has 0 fully saturated rings. The molecule has 1 rings (SSSR count). The number of nitrogens with zero attached hydrogens (tertiary/aromatic N) is 1. The Bertz CT molecular complexity index is 411. The maximum absolute atomic E-state index is 11.4. The molecule has 1 heterocycles. The lowest BCUT2D eigenvalue weighted by Gasteiger charge is -1.93. The molecule has 5 nitrogen and oxygen atoms in total. The molecular weight excluding hydrogens is 198 g/mol. The molecule has 5 heteroatoms. The first kappa shape index (κ1) is 11.2. The zero-order chi connectivity index (χ0) is 11.6. The first-order valence-corrected chi connectivity index (χ1v) is 4.34. The highest BCUT2D eigenvalue weighted by atomic mass is 16.4. The third-order valence-electron chi connectivity index (χ3n) is 2.14. The van der Waals surface area contributed by atoms with Crippen LogP contribution in [0.25, 0.3) is 0 Å². The first-order valence-electron chi connectivity index (χ1n) is 4.34. The Morgan fingerprint density at radius 3 is 2.40 bits per heavy atom. The Morgan fingerprint density at radius 1 is 1.40 bits per heavy atom. The largest absolute Gasteiger partial charge is 0.475 e. The second-order valence-electron chi connectivity index (χ2n) is 3.31. The number of ketones is 2. The van der Waals surface area contributed by atoms with Crippen LogP contribution in [0, 0.1) is 6.92 Å². The van der Waals surface area contributed by atoms with Gasteiger partial charge in [0.1, 0.15) is 0 Å². The van der Waals surface area contributed by atoms with E-state index in [0.29, 0.717) is 5.56 Å². The van der Waals surface area contributed by atoms with Crippen molar-refractivity contribution in [1.29, 1.82) is 0 Å². The number of rotatable bonds is 4. The zero-order valence-electron chi connectivity index (χ0n) is 8.48. The molecule has 1 N–H and O–H groups in total. The van der Waals surface area contributed by atoms with Crippen LogP contribution in [0.3, 0.4) is 0 Å². The van der Waals surface area contributed by atoms with Crippen LogP contribution < -0.4 is 0 Å². The summed E-state index contributed by atoms with van der Waals surface area (Å²) in [6.45, 7) is 1.82. The second kappa shape index (κ2) is 4.08. The Balaban J connectivity index is 2.78. The van der Waals surface area contributed by atoms with Gasteiger partial charge in [-0.25, -0.2) is 4.79 Å². The number of carbonyl (C=O) groups excluding carboxylic acids is 2. The molecule has 0 saturated carbocycles. The van der Waals surface area contributed by atoms with E-state index in [9.17, 15) is 14.4 Å². The number of hydrogen-bond donors (Lipinski definition) is 1. The van der Waals surface area contributed by atoms with Crippen molar-refractivity contribution in [3.05, 3.63) is 23.5 Å². The van der Waals surface area contributed by atoms with Crippen LogP contribution >= 0.6 is 0 Å². The van der Waals surface area contributed by atoms with Crippen molar-refractivity contribution >= 4 is 17.5 Å². The molecule has 0 saturated heterocycles. The number of carbonyl (C=O) groups is 3. The molecule has 0 bridgehead atoms. The van der Waals surface area contributed by atoms with E-state index in [1.165, 1.54) is 0 Å². The lowest BCUT2D eigenvalue weighted by molar-refractivity contribution is -0.148. The van der Waals surface area contributed by atoms with Crippen molar-refractivity contribution in [3.63, 3.8) is 0 Å². The predicted molar refractivity (Wildman–Crippen MR) is 51.7 cm³/mol. The Labute approximate surface area is 86.3 Å². The van der Waals surface area contributed by atoms with Gasteiger partial charge >= 0.3 is 5.97 Å². The quantitative estimate of drug-likeness (QED) is 0.446. The smallest absolute Gasteiger partial charge is 0.372 e. The fourth-order valence-corrected chi connectivity index (χ4v) is 1.15. The van der Waals surface area contributed by atoms with Crippen molar-refractivity contribution in [1.82, 2.24) is 4.57 Å². The fourth-order valence-electron chi connectivity index (χ4n) is 1.15. The molecule has 0 aliphatic carbocycles. The van der Waals surface area contributed by atoms with Crippen molar-refractivity contribution in [3.8, 4) is 0 Å². The van der Waals surface area contributed by atoms with Crippen LogP contribution in [0.5, 0.6) is 0 Å². The number of carboxylic acids is 1. The van der Waals surface area contributed by atoms with Gasteiger partial charge in [-0.15, -0.1) is 0 Å². The van der Waals surface area contributed by atoms with Gasteiger partial charge in [0, 0.05) is 24.5 Å². The van der Waals surface area contributed by atoms with Crippen molar-refractivity contribution in [2.75, 3.05) is 0 Å². The van der Waals surface area contributed by atoms with Gasteiger partial charge in [0.25, 0.3) is 0 Å². The number of Topliss-reactive ketones (excluding diaryl/α,β-unsaturated/α-hetero) is 2. The molecule has 0 radical (unpaired) electrons. The second-order valence-corrected chi connectivity index (χ2v) is 3.31. The number of carboxylic acid groups (broad SMARTS) is 1. The molecule has 1 aromatic heterocycles. The van der Waals surface area contributed by atoms with Gasteiger partial charge in [0.05, 0.1) is 6.42 Å². The van der Waals surface area contributed by atoms with Crippen LogP contribution in [0.15, 0.2) is 12.3 Å². The average Bonchev–Trinajstić information content (AvgIpc) is 2.46. The number of hydrogen-bond acceptors (Lipinski definition) is 3. The van der Waals surface area contributed by atoms with Crippen molar-refractivity contribution in [2.24, 2.45) is 7.05 Å². The summed E-state index contributed by atoms with van der Waals surface area (Å²) in [6, 6.07) is 1.62. The van der Waals surface area contributed by atoms with E-state index < -0.39 is 24.0 Å². The normalized spacial score (nSPS) is 10.0. The molecule has 80 valence electrons. The van der Waals surface area contributed by atoms with E-state index in [1.54, 1.807) is 23.9 Å². The summed E-state index contributed by atoms with van der Waals surface area (Å²) in [5, 5.41) is 8.33. The van der Waals surface area contributed by atoms with Crippen LogP contribution in [-0.4, -0.2) is 27.2 Å². The topological polar surface area (TPSA) is 76.4 Å². The Morgan fingerprint density at radius 2 is 2.00 bits per heavy atom. The highest BCUT2D eigenvalue weighted by Gasteiger charge is 2.18. The molecule has 0 amide bonds. The molecule has 0 aliphatic rings. The van der Waals surface area contributed by atoms with E-state index >= 15 is 0 Å². The first-order chi connectivity index (χ1) is 6.91. The maximum Gasteiger partial charge on any atom is 0.372 e. The molecule has 0 aromatic carbocycles. The van der Waals surface area contributed by atoms with Gasteiger partial charge in [0.2, 0.25) is 5.78 Å². The van der Waals surface area contributed by atoms with E-state index in [-0.39, 0.29) is 0 Å². The summed E-state index contributed by atoms with van der Waals surface area (Å²) in [7, 11) is 1.77. The van der Waals surface area contributed by atoms with Crippen LogP contribution in [0.4, 0.5) is 0 Å². The summed E-state index contributed by atoms with van der Waals surface area (Å²) in [5.41, 5.74) is 1.24. The molecule has 15 heavy (non-hydrogen) atoms. The van der Waals surface area contributed by atoms with Crippen LogP contribution in [-0.2, 0) is 16.6 Å². The highest BCUT2D eigenvalue weighted by Crippen LogP contribution is 2.08. The lowest BCUT2D eigenvalue weighted by Crippen LogP contribution is -2.16. The van der Waals surface area contributed by atoms with E-state index in [0.717, 1.165) is 5.69 Å². The fraction of sp³-hybridized carbons (Fsp3) is 0.300. The summed E-state index contributed by atoms with van der Waals surface area (Å²) in [5.74, 6) is -3.12. The van der Waals surface area contributed by atoms with Crippen molar-refractivity contribution in [2.45, 2.75) is 13.3 Å². The Hall–Kier alpha value is -1.91. The molecular formula is C10H11NO4. The third kappa shape index (κ3) is 2.52. The van der Waals surface area contributed by atoms with Crippen molar-refractivity contribution < 1.29 is 19.5 Å². The van der Waals surface area contributed by atoms with Crippen LogP contribution in [0.1, 0.15) is 22.5 Å². The number of aryl methyl sites for hydroxylation is 2. The monoisotopic (exact) mass is 209 g/mol. The number of aliphatic carboxylic acids is 1. The molecule has 1 aromatic rings. The van der Waals surface area contributed by atoms with Gasteiger partial charge in [-0.2, -0.15) is 0 Å². The molecule has 0 spiro atoms. The molecule has 0 atom stereocenters. The minimum Gasteiger partial charge on any atom is -0.475 e. The van der Waals surface area contributed by atoms with E-state index in [1.807, 2.05) is 6.92 Å². The van der Waals surface area contributed by atoms with E-state index in [4.69, 9.17) is 5.11 Å². The minimum atomic E-state index is -1.57. The summed E-state index contributed by atoms with van der Waals surface area (Å²) < 4.78 is 1.73. The van der Waals surface area contributed by atoms with Gasteiger partial charge in [0.15, 0.2) is 5.78 Å². The SMILES string of the molecule is Cc1cc(C(=O)CC(=O)C(=O)O)cn1C. The summed E-state index contributed by atoms with van der Waals surface area (Å²) in [6.07, 6.45) is 0.992. The molecule has 0 aliphatic heterocycles. The Kier molecular flexibility index (Phi) is 3.04. The summed E-state index contributed by atoms with van der Waals surface area (Å²) in [4.78, 5) is 32.4. The minimum absolute atomic E-state index is 0.365. The lowest BCUT2D eigenvalue weighted by atomic mass is 10.1. The van der Waals surface area contributed by atoms with Gasteiger partial charge < -0.3 is 9.67 Å². The van der Waals surface area contributed by atoms with Gasteiger partial charge in [-0.05, 0) is 13.0 Å². The summed E-state index contributed by atoms with van der Waals surface area (Å²) >= 11 is 0. The average molecular weight is 209 g/mol. The predicted octanol–water partition coefficient (Wildman–Crippen LogP) is 0.560. The zero-order valence-corrected chi connectivity index (χ0v) is 8.48. The highest BCUT2D eigenvalue weighted by molar-refractivity contribution is 6.37. The van der Waals surface area contributed by atoms with Gasteiger partial charge in [-0.3, -0.25) is 9.59 Å². The number of aromatic nitrogens is 1. The third-order valence-corrected chi connectivity index (χ3v) is 2.14. The standard InChI is InChI=1S/C10H11NO4/c1-6-3-7(5-11(6)2)8(12)4-9(13)10(14)15/h3,5H,4H2,1-2H3,(H,14,15). The molecule has 0 unspecified atom stereocenters. The van der Waals surface area contributed by atoms with Crippen LogP contribution in [0.2, 0.25) is 0 Å². The maximum atomic E-state index is 11.4.